The van der Waals surface area contributed by atoms with Gasteiger partial charge in [0.05, 0.1) is 6.54 Å². The molecule has 0 atom stereocenters. The van der Waals surface area contributed by atoms with Crippen LogP contribution in [0, 0.1) is 0 Å². The van der Waals surface area contributed by atoms with Crippen LogP contribution in [0.15, 0.2) is 30.3 Å². The van der Waals surface area contributed by atoms with Crippen LogP contribution < -0.4 is 10.6 Å². The van der Waals surface area contributed by atoms with E-state index in [-0.39, 0.29) is 11.9 Å². The fourth-order valence-electron chi connectivity index (χ4n) is 4.03. The van der Waals surface area contributed by atoms with Crippen molar-refractivity contribution in [3.05, 3.63) is 35.9 Å². The van der Waals surface area contributed by atoms with E-state index in [0.717, 1.165) is 31.5 Å². The first-order valence-corrected chi connectivity index (χ1v) is 10.8. The molecule has 154 valence electrons. The van der Waals surface area contributed by atoms with Gasteiger partial charge in [0.15, 0.2) is 0 Å². The maximum absolute atomic E-state index is 12.6. The zero-order chi connectivity index (χ0) is 19.6. The summed E-state index contributed by atoms with van der Waals surface area (Å²) in [6.07, 6.45) is 8.56. The molecule has 3 amide bonds. The molecule has 1 aliphatic carbocycles. The normalized spacial score (nSPS) is 19.5. The lowest BCUT2D eigenvalue weighted by Crippen LogP contribution is -2.54. The maximum atomic E-state index is 12.6. The van der Waals surface area contributed by atoms with E-state index >= 15 is 0 Å². The molecule has 0 bridgehead atoms. The molecule has 6 heteroatoms. The third-order valence-electron chi connectivity index (χ3n) is 5.79. The van der Waals surface area contributed by atoms with Crippen molar-refractivity contribution in [1.29, 1.82) is 0 Å². The molecule has 0 aromatic heterocycles. The Morgan fingerprint density at radius 1 is 0.893 bits per heavy atom. The molecule has 1 saturated heterocycles. The Hall–Kier alpha value is -2.08. The molecule has 2 N–H and O–H groups in total. The molecule has 1 aromatic rings. The van der Waals surface area contributed by atoms with Crippen LogP contribution in [-0.2, 0) is 11.3 Å². The number of nitrogens with one attached hydrogen (secondary N) is 2. The van der Waals surface area contributed by atoms with Gasteiger partial charge in [-0.3, -0.25) is 9.69 Å². The average molecular weight is 387 g/mol. The van der Waals surface area contributed by atoms with Crippen molar-refractivity contribution in [1.82, 2.24) is 20.4 Å². The standard InChI is InChI=1S/C22H34N4O2/c27-21(23-17-19-9-5-4-6-10-19)18-25-13-15-26(16-14-25)22(28)24-20-11-7-2-1-3-8-12-20/h4-6,9-10,20H,1-3,7-8,11-18H2,(H,23,27)(H,24,28). The van der Waals surface area contributed by atoms with Crippen molar-refractivity contribution in [2.24, 2.45) is 0 Å². The van der Waals surface area contributed by atoms with Crippen LogP contribution in [0.5, 0.6) is 0 Å². The Kier molecular flexibility index (Phi) is 8.15. The highest BCUT2D eigenvalue weighted by Crippen LogP contribution is 2.17. The molecule has 0 radical (unpaired) electrons. The molecular formula is C22H34N4O2. The van der Waals surface area contributed by atoms with Crippen LogP contribution in [0.25, 0.3) is 0 Å². The van der Waals surface area contributed by atoms with Crippen molar-refractivity contribution in [3.8, 4) is 0 Å². The Morgan fingerprint density at radius 2 is 1.54 bits per heavy atom. The summed E-state index contributed by atoms with van der Waals surface area (Å²) in [4.78, 5) is 28.8. The number of nitrogens with zero attached hydrogens (tertiary/aromatic N) is 2. The smallest absolute Gasteiger partial charge is 0.317 e. The van der Waals surface area contributed by atoms with Gasteiger partial charge in [-0.2, -0.15) is 0 Å². The second kappa shape index (κ2) is 11.1. The number of carbonyl (C=O) groups excluding carboxylic acids is 2. The summed E-state index contributed by atoms with van der Waals surface area (Å²) >= 11 is 0. The number of hydrogen-bond donors (Lipinski definition) is 2. The van der Waals surface area contributed by atoms with Crippen LogP contribution in [0.1, 0.15) is 50.5 Å². The number of rotatable bonds is 5. The number of benzene rings is 1. The van der Waals surface area contributed by atoms with Gasteiger partial charge < -0.3 is 15.5 Å². The second-order valence-electron chi connectivity index (χ2n) is 8.02. The molecule has 3 rings (SSSR count). The molecule has 1 saturated carbocycles. The summed E-state index contributed by atoms with van der Waals surface area (Å²) in [5.74, 6) is 0.0382. The number of hydrogen-bond acceptors (Lipinski definition) is 3. The van der Waals surface area contributed by atoms with E-state index in [1.54, 1.807) is 0 Å². The zero-order valence-electron chi connectivity index (χ0n) is 16.9. The monoisotopic (exact) mass is 386 g/mol. The lowest BCUT2D eigenvalue weighted by Gasteiger charge is -2.35. The van der Waals surface area contributed by atoms with Crippen LogP contribution in [0.4, 0.5) is 4.79 Å². The van der Waals surface area contributed by atoms with Crippen molar-refractivity contribution >= 4 is 11.9 Å². The van der Waals surface area contributed by atoms with Gasteiger partial charge in [0, 0.05) is 38.8 Å². The minimum absolute atomic E-state index is 0.0382. The van der Waals surface area contributed by atoms with Crippen molar-refractivity contribution < 1.29 is 9.59 Å². The van der Waals surface area contributed by atoms with E-state index in [2.05, 4.69) is 15.5 Å². The number of carbonyl (C=O) groups is 2. The first-order chi connectivity index (χ1) is 13.7. The van der Waals surface area contributed by atoms with Crippen molar-refractivity contribution in [2.75, 3.05) is 32.7 Å². The third kappa shape index (κ3) is 6.82. The lowest BCUT2D eigenvalue weighted by molar-refractivity contribution is -0.122. The molecule has 2 fully saturated rings. The minimum atomic E-state index is 0.0382. The molecule has 2 aliphatic rings. The molecule has 0 unspecified atom stereocenters. The van der Waals surface area contributed by atoms with Crippen LogP contribution >= 0.6 is 0 Å². The minimum Gasteiger partial charge on any atom is -0.351 e. The topological polar surface area (TPSA) is 64.7 Å². The van der Waals surface area contributed by atoms with E-state index in [0.29, 0.717) is 32.2 Å². The van der Waals surface area contributed by atoms with Gasteiger partial charge in [-0.15, -0.1) is 0 Å². The summed E-state index contributed by atoms with van der Waals surface area (Å²) in [7, 11) is 0. The first kappa shape index (κ1) is 20.6. The van der Waals surface area contributed by atoms with E-state index in [1.165, 1.54) is 32.1 Å². The first-order valence-electron chi connectivity index (χ1n) is 10.8. The van der Waals surface area contributed by atoms with Gasteiger partial charge in [0.25, 0.3) is 0 Å². The van der Waals surface area contributed by atoms with Crippen LogP contribution in [-0.4, -0.2) is 60.5 Å². The third-order valence-corrected chi connectivity index (χ3v) is 5.79. The summed E-state index contributed by atoms with van der Waals surface area (Å²) < 4.78 is 0. The van der Waals surface area contributed by atoms with Gasteiger partial charge in [0.1, 0.15) is 0 Å². The quantitative estimate of drug-likeness (QED) is 0.818. The van der Waals surface area contributed by atoms with Gasteiger partial charge in [-0.25, -0.2) is 4.79 Å². The zero-order valence-corrected chi connectivity index (χ0v) is 16.9. The highest BCUT2D eigenvalue weighted by atomic mass is 16.2. The fraction of sp³-hybridized carbons (Fsp3) is 0.636. The van der Waals surface area contributed by atoms with Crippen LogP contribution in [0.2, 0.25) is 0 Å². The summed E-state index contributed by atoms with van der Waals surface area (Å²) in [6.45, 7) is 3.82. The second-order valence-corrected chi connectivity index (χ2v) is 8.02. The fourth-order valence-corrected chi connectivity index (χ4v) is 4.03. The van der Waals surface area contributed by atoms with Crippen LogP contribution in [0.3, 0.4) is 0 Å². The molecule has 1 heterocycles. The van der Waals surface area contributed by atoms with Gasteiger partial charge in [-0.05, 0) is 18.4 Å². The van der Waals surface area contributed by atoms with Gasteiger partial charge in [0.2, 0.25) is 5.91 Å². The number of amides is 3. The Labute approximate surface area is 168 Å². The number of urea groups is 1. The maximum Gasteiger partial charge on any atom is 0.317 e. The predicted octanol–water partition coefficient (Wildman–Crippen LogP) is 2.74. The molecule has 28 heavy (non-hydrogen) atoms. The van der Waals surface area contributed by atoms with Crippen molar-refractivity contribution in [3.63, 3.8) is 0 Å². The summed E-state index contributed by atoms with van der Waals surface area (Å²) in [5, 5.41) is 6.21. The SMILES string of the molecule is O=C(CN1CCN(C(=O)NC2CCCCCCC2)CC1)NCc1ccccc1. The van der Waals surface area contributed by atoms with E-state index < -0.39 is 0 Å². The highest BCUT2D eigenvalue weighted by molar-refractivity contribution is 5.78. The highest BCUT2D eigenvalue weighted by Gasteiger charge is 2.24. The molecular weight excluding hydrogens is 352 g/mol. The average Bonchev–Trinajstić information content (AvgIpc) is 2.69. The van der Waals surface area contributed by atoms with E-state index in [4.69, 9.17) is 0 Å². The lowest BCUT2D eigenvalue weighted by atomic mass is 9.97. The Balaban J connectivity index is 1.34. The summed E-state index contributed by atoms with van der Waals surface area (Å²) in [5.41, 5.74) is 1.10. The molecule has 0 spiro atoms. The van der Waals surface area contributed by atoms with E-state index in [9.17, 15) is 9.59 Å². The predicted molar refractivity (Wildman–Crippen MR) is 111 cm³/mol. The molecule has 6 nitrogen and oxygen atoms in total. The molecule has 1 aromatic carbocycles. The van der Waals surface area contributed by atoms with Crippen molar-refractivity contribution in [2.45, 2.75) is 57.5 Å². The number of piperazine rings is 1. The Bertz CT molecular complexity index is 606. The molecule has 1 aliphatic heterocycles. The Morgan fingerprint density at radius 3 is 2.21 bits per heavy atom. The van der Waals surface area contributed by atoms with Gasteiger partial charge >= 0.3 is 6.03 Å². The van der Waals surface area contributed by atoms with E-state index in [1.807, 2.05) is 35.2 Å². The summed E-state index contributed by atoms with van der Waals surface area (Å²) in [6, 6.07) is 10.3. The van der Waals surface area contributed by atoms with Gasteiger partial charge in [-0.1, -0.05) is 62.4 Å². The largest absolute Gasteiger partial charge is 0.351 e.